The number of carbonyl (C=O) groups excluding carboxylic acids is 3. The van der Waals surface area contributed by atoms with Gasteiger partial charge in [-0.05, 0) is 56.0 Å². The van der Waals surface area contributed by atoms with E-state index in [2.05, 4.69) is 10.6 Å². The second kappa shape index (κ2) is 9.06. The van der Waals surface area contributed by atoms with E-state index < -0.39 is 18.0 Å². The van der Waals surface area contributed by atoms with Gasteiger partial charge in [0.15, 0.2) is 0 Å². The molecule has 0 aliphatic carbocycles. The van der Waals surface area contributed by atoms with Crippen molar-refractivity contribution in [2.75, 3.05) is 5.32 Å². The summed E-state index contributed by atoms with van der Waals surface area (Å²) >= 11 is 12.0. The zero-order chi connectivity index (χ0) is 22.0. The number of likely N-dealkylation sites (tertiary alicyclic amines) is 1. The average Bonchev–Trinajstić information content (AvgIpc) is 3.05. The van der Waals surface area contributed by atoms with Crippen molar-refractivity contribution in [3.63, 3.8) is 0 Å². The van der Waals surface area contributed by atoms with E-state index in [0.29, 0.717) is 21.3 Å². The molecule has 0 bridgehead atoms. The van der Waals surface area contributed by atoms with Crippen LogP contribution in [-0.4, -0.2) is 28.8 Å². The standard InChI is InChI=1S/C22H23Cl2N3O3/c1-12-8-13(2)20(14(3)9-12)26-22(30)27-18(6-7-19(27)28)21(29)25-11-15-4-5-16(23)10-17(15)24/h4-5,8-10,18H,6-7,11H2,1-3H3,(H,25,29)(H,26,30). The number of aryl methyl sites for hydroxylation is 3. The maximum atomic E-state index is 12.9. The summed E-state index contributed by atoms with van der Waals surface area (Å²) in [5.74, 6) is -0.779. The Balaban J connectivity index is 1.71. The molecule has 3 rings (SSSR count). The minimum atomic E-state index is -0.866. The molecule has 0 aromatic heterocycles. The zero-order valence-electron chi connectivity index (χ0n) is 17.0. The fourth-order valence-electron chi connectivity index (χ4n) is 3.70. The molecule has 6 nitrogen and oxygen atoms in total. The topological polar surface area (TPSA) is 78.5 Å². The highest BCUT2D eigenvalue weighted by molar-refractivity contribution is 6.35. The SMILES string of the molecule is Cc1cc(C)c(NC(=O)N2C(=O)CCC2C(=O)NCc2ccc(Cl)cc2Cl)c(C)c1. The van der Waals surface area contributed by atoms with Crippen LogP contribution in [0.5, 0.6) is 0 Å². The van der Waals surface area contributed by atoms with Crippen molar-refractivity contribution in [1.82, 2.24) is 10.2 Å². The lowest BCUT2D eigenvalue weighted by molar-refractivity contribution is -0.132. The van der Waals surface area contributed by atoms with Crippen molar-refractivity contribution >= 4 is 46.7 Å². The molecular formula is C22H23Cl2N3O3. The van der Waals surface area contributed by atoms with E-state index in [1.807, 2.05) is 32.9 Å². The molecule has 1 saturated heterocycles. The van der Waals surface area contributed by atoms with E-state index in [0.717, 1.165) is 21.6 Å². The number of carbonyl (C=O) groups is 3. The number of urea groups is 1. The molecular weight excluding hydrogens is 425 g/mol. The molecule has 1 unspecified atom stereocenters. The Morgan fingerprint density at radius 1 is 1.10 bits per heavy atom. The molecule has 1 aliphatic heterocycles. The highest BCUT2D eigenvalue weighted by Crippen LogP contribution is 2.26. The van der Waals surface area contributed by atoms with Gasteiger partial charge in [-0.3, -0.25) is 14.5 Å². The number of rotatable bonds is 4. The fourth-order valence-corrected chi connectivity index (χ4v) is 4.17. The largest absolute Gasteiger partial charge is 0.350 e. The second-order valence-electron chi connectivity index (χ2n) is 7.48. The van der Waals surface area contributed by atoms with Crippen LogP contribution in [0.2, 0.25) is 10.0 Å². The Morgan fingerprint density at radius 2 is 1.77 bits per heavy atom. The number of amides is 4. The predicted octanol–water partition coefficient (Wildman–Crippen LogP) is 4.76. The van der Waals surface area contributed by atoms with Gasteiger partial charge < -0.3 is 10.6 Å². The molecule has 4 amide bonds. The van der Waals surface area contributed by atoms with E-state index in [1.165, 1.54) is 0 Å². The van der Waals surface area contributed by atoms with Crippen LogP contribution in [0.25, 0.3) is 0 Å². The van der Waals surface area contributed by atoms with Crippen molar-refractivity contribution in [3.05, 3.63) is 62.6 Å². The first-order valence-electron chi connectivity index (χ1n) is 9.60. The number of nitrogens with one attached hydrogen (secondary N) is 2. The van der Waals surface area contributed by atoms with E-state index in [9.17, 15) is 14.4 Å². The van der Waals surface area contributed by atoms with Gasteiger partial charge in [-0.25, -0.2) is 4.79 Å². The number of hydrogen-bond donors (Lipinski definition) is 2. The highest BCUT2D eigenvalue weighted by Gasteiger charge is 2.40. The number of nitrogens with zero attached hydrogens (tertiary/aromatic N) is 1. The lowest BCUT2D eigenvalue weighted by Crippen LogP contribution is -2.49. The van der Waals surface area contributed by atoms with Crippen molar-refractivity contribution in [1.29, 1.82) is 0 Å². The zero-order valence-corrected chi connectivity index (χ0v) is 18.5. The van der Waals surface area contributed by atoms with E-state index in [1.54, 1.807) is 18.2 Å². The van der Waals surface area contributed by atoms with Crippen LogP contribution in [0.3, 0.4) is 0 Å². The van der Waals surface area contributed by atoms with Crippen LogP contribution in [0.4, 0.5) is 10.5 Å². The van der Waals surface area contributed by atoms with Crippen LogP contribution in [-0.2, 0) is 16.1 Å². The number of hydrogen-bond acceptors (Lipinski definition) is 3. The van der Waals surface area contributed by atoms with Gasteiger partial charge in [0.25, 0.3) is 0 Å². The van der Waals surface area contributed by atoms with Crippen LogP contribution in [0.1, 0.15) is 35.1 Å². The third-order valence-electron chi connectivity index (χ3n) is 5.11. The molecule has 1 atom stereocenters. The first kappa shape index (κ1) is 22.1. The van der Waals surface area contributed by atoms with Gasteiger partial charge in [-0.1, -0.05) is 47.0 Å². The van der Waals surface area contributed by atoms with Gasteiger partial charge in [-0.15, -0.1) is 0 Å². The molecule has 2 N–H and O–H groups in total. The van der Waals surface area contributed by atoms with Crippen LogP contribution in [0, 0.1) is 20.8 Å². The van der Waals surface area contributed by atoms with Gasteiger partial charge in [0.05, 0.1) is 0 Å². The predicted molar refractivity (Wildman–Crippen MR) is 118 cm³/mol. The first-order chi connectivity index (χ1) is 14.2. The number of imide groups is 1. The fraction of sp³-hybridized carbons (Fsp3) is 0.318. The second-order valence-corrected chi connectivity index (χ2v) is 8.32. The molecule has 0 radical (unpaired) electrons. The van der Waals surface area contributed by atoms with Crippen molar-refractivity contribution in [2.24, 2.45) is 0 Å². The van der Waals surface area contributed by atoms with Gasteiger partial charge in [0, 0.05) is 28.7 Å². The quantitative estimate of drug-likeness (QED) is 0.708. The minimum Gasteiger partial charge on any atom is -0.350 e. The van der Waals surface area contributed by atoms with E-state index in [-0.39, 0.29) is 25.3 Å². The summed E-state index contributed by atoms with van der Waals surface area (Å²) in [6, 6.07) is 7.43. The molecule has 1 fully saturated rings. The molecule has 8 heteroatoms. The van der Waals surface area contributed by atoms with E-state index >= 15 is 0 Å². The third kappa shape index (κ3) is 4.77. The van der Waals surface area contributed by atoms with Crippen molar-refractivity contribution in [3.8, 4) is 0 Å². The highest BCUT2D eigenvalue weighted by atomic mass is 35.5. The first-order valence-corrected chi connectivity index (χ1v) is 10.4. The molecule has 2 aromatic carbocycles. The van der Waals surface area contributed by atoms with Gasteiger partial charge in [-0.2, -0.15) is 0 Å². The number of anilines is 1. The number of halogens is 2. The van der Waals surface area contributed by atoms with Gasteiger partial charge in [0.1, 0.15) is 6.04 Å². The maximum Gasteiger partial charge on any atom is 0.329 e. The normalized spacial score (nSPS) is 16.0. The minimum absolute atomic E-state index is 0.138. The monoisotopic (exact) mass is 447 g/mol. The van der Waals surface area contributed by atoms with Crippen LogP contribution in [0.15, 0.2) is 30.3 Å². The molecule has 2 aromatic rings. The van der Waals surface area contributed by atoms with Crippen molar-refractivity contribution < 1.29 is 14.4 Å². The summed E-state index contributed by atoms with van der Waals surface area (Å²) in [5, 5.41) is 6.50. The van der Waals surface area contributed by atoms with Crippen LogP contribution >= 0.6 is 23.2 Å². The summed E-state index contributed by atoms with van der Waals surface area (Å²) in [6.45, 7) is 5.93. The average molecular weight is 448 g/mol. The molecule has 1 aliphatic rings. The summed E-state index contributed by atoms with van der Waals surface area (Å²) in [7, 11) is 0. The smallest absolute Gasteiger partial charge is 0.329 e. The summed E-state index contributed by atoms with van der Waals surface area (Å²) in [6.07, 6.45) is 0.414. The number of benzene rings is 2. The molecule has 1 heterocycles. The van der Waals surface area contributed by atoms with Gasteiger partial charge >= 0.3 is 6.03 Å². The molecule has 0 spiro atoms. The Hall–Kier alpha value is -2.57. The van der Waals surface area contributed by atoms with E-state index in [4.69, 9.17) is 23.2 Å². The Bertz CT molecular complexity index is 1000. The molecule has 158 valence electrons. The summed E-state index contributed by atoms with van der Waals surface area (Å²) in [5.41, 5.74) is 4.22. The Labute approximate surface area is 185 Å². The van der Waals surface area contributed by atoms with Gasteiger partial charge in [0.2, 0.25) is 11.8 Å². The summed E-state index contributed by atoms with van der Waals surface area (Å²) in [4.78, 5) is 39.0. The lowest BCUT2D eigenvalue weighted by Gasteiger charge is -2.24. The van der Waals surface area contributed by atoms with Crippen molar-refractivity contribution in [2.45, 2.75) is 46.2 Å². The molecule has 0 saturated carbocycles. The maximum absolute atomic E-state index is 12.9. The Morgan fingerprint density at radius 3 is 2.40 bits per heavy atom. The molecule has 30 heavy (non-hydrogen) atoms. The Kier molecular flexibility index (Phi) is 6.68. The third-order valence-corrected chi connectivity index (χ3v) is 5.70. The van der Waals surface area contributed by atoms with Crippen LogP contribution < -0.4 is 10.6 Å². The summed E-state index contributed by atoms with van der Waals surface area (Å²) < 4.78 is 0. The lowest BCUT2D eigenvalue weighted by atomic mass is 10.1.